The predicted molar refractivity (Wildman–Crippen MR) is 104 cm³/mol. The van der Waals surface area contributed by atoms with Crippen LogP contribution in [0.5, 0.6) is 0 Å². The zero-order valence-corrected chi connectivity index (χ0v) is 17.4. The topological polar surface area (TPSA) is 29.5 Å². The molecular formula is C23H41FO2. The molecule has 9 unspecified atom stereocenters. The summed E-state index contributed by atoms with van der Waals surface area (Å²) in [6.45, 7) is 8.63. The second kappa shape index (κ2) is 8.47. The SMILES string of the molecule is CCCC1C(CCC(C)O)CCC2C1CCC1(C)C(C(C)OF)CCC21. The summed E-state index contributed by atoms with van der Waals surface area (Å²) in [7, 11) is 0. The predicted octanol–water partition coefficient (Wildman–Crippen LogP) is 6.32. The van der Waals surface area contributed by atoms with E-state index in [2.05, 4.69) is 18.8 Å². The minimum absolute atomic E-state index is 0.164. The zero-order chi connectivity index (χ0) is 18.9. The molecule has 3 saturated carbocycles. The Bertz CT molecular complexity index is 453. The van der Waals surface area contributed by atoms with E-state index in [0.717, 1.165) is 42.4 Å². The van der Waals surface area contributed by atoms with Gasteiger partial charge in [0.15, 0.2) is 0 Å². The van der Waals surface area contributed by atoms with Crippen molar-refractivity contribution in [2.75, 3.05) is 0 Å². The molecule has 3 heteroatoms. The van der Waals surface area contributed by atoms with Gasteiger partial charge in [-0.25, -0.2) is 0 Å². The van der Waals surface area contributed by atoms with Gasteiger partial charge in [-0.05, 0) is 111 Å². The third-order valence-electron chi connectivity index (χ3n) is 8.88. The summed E-state index contributed by atoms with van der Waals surface area (Å²) in [5.41, 5.74) is 0.274. The monoisotopic (exact) mass is 368 g/mol. The molecule has 0 aromatic heterocycles. The number of aliphatic hydroxyl groups excluding tert-OH is 1. The van der Waals surface area contributed by atoms with Gasteiger partial charge in [0, 0.05) is 0 Å². The Hall–Kier alpha value is -0.150. The summed E-state index contributed by atoms with van der Waals surface area (Å²) in [5, 5.41) is 9.75. The van der Waals surface area contributed by atoms with Gasteiger partial charge < -0.3 is 5.11 Å². The Morgan fingerprint density at radius 3 is 2.50 bits per heavy atom. The summed E-state index contributed by atoms with van der Waals surface area (Å²) in [4.78, 5) is 4.29. The Balaban J connectivity index is 1.74. The van der Waals surface area contributed by atoms with Crippen LogP contribution in [0.25, 0.3) is 0 Å². The van der Waals surface area contributed by atoms with Gasteiger partial charge in [0.25, 0.3) is 0 Å². The molecule has 0 amide bonds. The smallest absolute Gasteiger partial charge is 0.0989 e. The summed E-state index contributed by atoms with van der Waals surface area (Å²) in [6, 6.07) is 0. The summed E-state index contributed by atoms with van der Waals surface area (Å²) in [5.74, 6) is 4.50. The second-order valence-corrected chi connectivity index (χ2v) is 10.2. The van der Waals surface area contributed by atoms with Crippen LogP contribution in [0.15, 0.2) is 0 Å². The molecule has 0 bridgehead atoms. The molecule has 1 N–H and O–H groups in total. The van der Waals surface area contributed by atoms with Crippen LogP contribution in [-0.4, -0.2) is 17.3 Å². The molecule has 0 radical (unpaired) electrons. The van der Waals surface area contributed by atoms with Crippen LogP contribution >= 0.6 is 0 Å². The number of rotatable bonds is 7. The van der Waals surface area contributed by atoms with Crippen molar-refractivity contribution in [2.24, 2.45) is 40.9 Å². The third kappa shape index (κ3) is 3.72. The van der Waals surface area contributed by atoms with Crippen molar-refractivity contribution in [1.29, 1.82) is 0 Å². The fourth-order valence-electron chi connectivity index (χ4n) is 7.70. The Labute approximate surface area is 160 Å². The molecule has 9 atom stereocenters. The fourth-order valence-corrected chi connectivity index (χ4v) is 7.70. The molecule has 0 aliphatic heterocycles. The minimum atomic E-state index is -0.254. The quantitative estimate of drug-likeness (QED) is 0.569. The van der Waals surface area contributed by atoms with E-state index in [1.165, 1.54) is 51.4 Å². The first kappa shape index (κ1) is 20.6. The van der Waals surface area contributed by atoms with E-state index in [0.29, 0.717) is 5.92 Å². The first-order chi connectivity index (χ1) is 12.4. The molecule has 152 valence electrons. The van der Waals surface area contributed by atoms with Crippen LogP contribution in [-0.2, 0) is 4.94 Å². The van der Waals surface area contributed by atoms with Crippen molar-refractivity contribution in [1.82, 2.24) is 0 Å². The molecule has 0 aromatic rings. The van der Waals surface area contributed by atoms with Gasteiger partial charge in [-0.1, -0.05) is 26.7 Å². The molecular weight excluding hydrogens is 327 g/mol. The average molecular weight is 369 g/mol. The van der Waals surface area contributed by atoms with Gasteiger partial charge in [-0.15, -0.1) is 0 Å². The highest BCUT2D eigenvalue weighted by atomic mass is 19.3. The molecule has 26 heavy (non-hydrogen) atoms. The largest absolute Gasteiger partial charge is 0.393 e. The van der Waals surface area contributed by atoms with E-state index >= 15 is 0 Å². The summed E-state index contributed by atoms with van der Waals surface area (Å²) < 4.78 is 12.9. The van der Waals surface area contributed by atoms with Crippen LogP contribution in [0.4, 0.5) is 4.53 Å². The first-order valence-electron chi connectivity index (χ1n) is 11.4. The Morgan fingerprint density at radius 1 is 1.08 bits per heavy atom. The lowest BCUT2D eigenvalue weighted by atomic mass is 9.50. The molecule has 0 saturated heterocycles. The molecule has 3 aliphatic rings. The van der Waals surface area contributed by atoms with Crippen molar-refractivity contribution in [3.63, 3.8) is 0 Å². The maximum atomic E-state index is 12.9. The molecule has 3 fully saturated rings. The molecule has 0 aromatic carbocycles. The minimum Gasteiger partial charge on any atom is -0.393 e. The zero-order valence-electron chi connectivity index (χ0n) is 17.4. The van der Waals surface area contributed by atoms with Gasteiger partial charge in [-0.2, -0.15) is 4.94 Å². The maximum Gasteiger partial charge on any atom is 0.0989 e. The third-order valence-corrected chi connectivity index (χ3v) is 8.88. The van der Waals surface area contributed by atoms with Crippen molar-refractivity contribution in [3.8, 4) is 0 Å². The highest BCUT2D eigenvalue weighted by Crippen LogP contribution is 2.64. The van der Waals surface area contributed by atoms with E-state index in [9.17, 15) is 9.63 Å². The Morgan fingerprint density at radius 2 is 1.85 bits per heavy atom. The van der Waals surface area contributed by atoms with Crippen LogP contribution in [0.3, 0.4) is 0 Å². The number of aliphatic hydroxyl groups is 1. The Kier molecular flexibility index (Phi) is 6.71. The fraction of sp³-hybridized carbons (Fsp3) is 1.00. The second-order valence-electron chi connectivity index (χ2n) is 10.2. The lowest BCUT2D eigenvalue weighted by molar-refractivity contribution is -0.206. The van der Waals surface area contributed by atoms with Crippen molar-refractivity contribution >= 4 is 0 Å². The van der Waals surface area contributed by atoms with Crippen LogP contribution in [0.2, 0.25) is 0 Å². The molecule has 2 nitrogen and oxygen atoms in total. The summed E-state index contributed by atoms with van der Waals surface area (Å²) >= 11 is 0. The molecule has 0 spiro atoms. The van der Waals surface area contributed by atoms with Crippen LogP contribution in [0.1, 0.15) is 91.9 Å². The highest BCUT2D eigenvalue weighted by molar-refractivity contribution is 5.06. The highest BCUT2D eigenvalue weighted by Gasteiger charge is 2.57. The van der Waals surface area contributed by atoms with E-state index < -0.39 is 0 Å². The van der Waals surface area contributed by atoms with Gasteiger partial charge in [0.1, 0.15) is 0 Å². The van der Waals surface area contributed by atoms with Crippen LogP contribution < -0.4 is 0 Å². The summed E-state index contributed by atoms with van der Waals surface area (Å²) in [6.07, 6.45) is 12.0. The lowest BCUT2D eigenvalue weighted by Gasteiger charge is -2.55. The van der Waals surface area contributed by atoms with E-state index in [-0.39, 0.29) is 17.6 Å². The lowest BCUT2D eigenvalue weighted by Crippen LogP contribution is -2.48. The van der Waals surface area contributed by atoms with Gasteiger partial charge >= 0.3 is 0 Å². The standard InChI is InChI=1S/C23H41FO2/c1-5-6-18-17(8-7-15(2)25)9-10-20-19(18)13-14-23(4)21(16(3)26-24)11-12-22(20)23/h15-22,25H,5-14H2,1-4H3. The van der Waals surface area contributed by atoms with Gasteiger partial charge in [0.2, 0.25) is 0 Å². The maximum absolute atomic E-state index is 12.9. The molecule has 3 rings (SSSR count). The van der Waals surface area contributed by atoms with Crippen molar-refractivity contribution < 1.29 is 14.6 Å². The average Bonchev–Trinajstić information content (AvgIpc) is 2.97. The number of fused-ring (bicyclic) bond motifs is 3. The van der Waals surface area contributed by atoms with Gasteiger partial charge in [0.05, 0.1) is 12.2 Å². The number of hydrogen-bond acceptors (Lipinski definition) is 2. The van der Waals surface area contributed by atoms with Crippen molar-refractivity contribution in [2.45, 2.75) is 104 Å². The van der Waals surface area contributed by atoms with E-state index in [1.807, 2.05) is 13.8 Å². The van der Waals surface area contributed by atoms with E-state index in [1.54, 1.807) is 0 Å². The molecule has 0 heterocycles. The number of halogens is 1. The van der Waals surface area contributed by atoms with E-state index in [4.69, 9.17) is 0 Å². The normalized spacial score (nSPS) is 45.0. The van der Waals surface area contributed by atoms with Crippen molar-refractivity contribution in [3.05, 3.63) is 0 Å². The number of hydrogen-bond donors (Lipinski definition) is 1. The molecule has 3 aliphatic carbocycles. The van der Waals surface area contributed by atoms with Crippen LogP contribution in [0, 0.1) is 40.9 Å². The first-order valence-corrected chi connectivity index (χ1v) is 11.4. The van der Waals surface area contributed by atoms with Gasteiger partial charge in [-0.3, -0.25) is 0 Å².